The van der Waals surface area contributed by atoms with Crippen LogP contribution in [0.15, 0.2) is 48.5 Å². The topological polar surface area (TPSA) is 93.1 Å². The van der Waals surface area contributed by atoms with Crippen LogP contribution in [-0.2, 0) is 15.0 Å². The maximum Gasteiger partial charge on any atom is 0.318 e. The molecule has 0 saturated carbocycles. The van der Waals surface area contributed by atoms with E-state index >= 15 is 0 Å². The molecule has 2 aromatic carbocycles. The largest absolute Gasteiger partial charge is 0.496 e. The van der Waals surface area contributed by atoms with E-state index in [9.17, 15) is 14.7 Å². The summed E-state index contributed by atoms with van der Waals surface area (Å²) in [5, 5.41) is 19.3. The van der Waals surface area contributed by atoms with Gasteiger partial charge in [-0.1, -0.05) is 36.4 Å². The second-order valence-corrected chi connectivity index (χ2v) is 5.86. The molecule has 0 unspecified atom stereocenters. The lowest BCUT2D eigenvalue weighted by atomic mass is 9.70. The Morgan fingerprint density at radius 1 is 0.885 bits per heavy atom. The van der Waals surface area contributed by atoms with Gasteiger partial charge < -0.3 is 19.7 Å². The molecule has 26 heavy (non-hydrogen) atoms. The zero-order valence-electron chi connectivity index (χ0n) is 14.8. The molecule has 2 aromatic rings. The van der Waals surface area contributed by atoms with Crippen molar-refractivity contribution in [2.75, 3.05) is 14.2 Å². The van der Waals surface area contributed by atoms with Crippen molar-refractivity contribution in [1.29, 1.82) is 0 Å². The fourth-order valence-corrected chi connectivity index (χ4v) is 3.25. The van der Waals surface area contributed by atoms with E-state index in [4.69, 9.17) is 14.6 Å². The number of carboxylic acid groups (broad SMARTS) is 2. The number of para-hydroxylation sites is 2. The van der Waals surface area contributed by atoms with Gasteiger partial charge in [0.2, 0.25) is 0 Å². The van der Waals surface area contributed by atoms with Gasteiger partial charge in [-0.3, -0.25) is 9.59 Å². The average Bonchev–Trinajstić information content (AvgIpc) is 2.65. The van der Waals surface area contributed by atoms with Crippen molar-refractivity contribution in [2.24, 2.45) is 0 Å². The first kappa shape index (κ1) is 19.3. The lowest BCUT2D eigenvalue weighted by Gasteiger charge is -2.33. The van der Waals surface area contributed by atoms with Gasteiger partial charge in [-0.25, -0.2) is 0 Å². The highest BCUT2D eigenvalue weighted by Crippen LogP contribution is 2.45. The van der Waals surface area contributed by atoms with Crippen LogP contribution in [0.1, 0.15) is 30.4 Å². The lowest BCUT2D eigenvalue weighted by molar-refractivity contribution is -0.143. The molecule has 6 nitrogen and oxygen atoms in total. The standard InChI is InChI=1S/C20H22O6/c1-25-16-10-5-3-8-14(16)20(19(23)24,13-7-12-18(21)22)15-9-4-6-11-17(15)26-2/h3-6,8-11H,7,12-13H2,1-2H3,(H,21,22)(H,23,24). The Bertz CT molecular complexity index is 736. The van der Waals surface area contributed by atoms with Crippen LogP contribution in [0.2, 0.25) is 0 Å². The van der Waals surface area contributed by atoms with Crippen molar-refractivity contribution in [3.63, 3.8) is 0 Å². The number of methoxy groups -OCH3 is 2. The maximum atomic E-state index is 12.6. The highest BCUT2D eigenvalue weighted by Gasteiger charge is 2.45. The summed E-state index contributed by atoms with van der Waals surface area (Å²) in [6.45, 7) is 0. The van der Waals surface area contributed by atoms with E-state index in [0.29, 0.717) is 22.6 Å². The van der Waals surface area contributed by atoms with E-state index in [-0.39, 0.29) is 19.3 Å². The van der Waals surface area contributed by atoms with Crippen molar-refractivity contribution < 1.29 is 29.3 Å². The fraction of sp³-hybridized carbons (Fsp3) is 0.300. The molecule has 0 aliphatic rings. The third-order valence-electron chi connectivity index (χ3n) is 4.44. The van der Waals surface area contributed by atoms with Gasteiger partial charge in [0.1, 0.15) is 16.9 Å². The molecule has 0 saturated heterocycles. The molecule has 0 fully saturated rings. The Kier molecular flexibility index (Phi) is 6.22. The van der Waals surface area contributed by atoms with Gasteiger partial charge in [0, 0.05) is 17.5 Å². The molecule has 0 aliphatic heterocycles. The summed E-state index contributed by atoms with van der Waals surface area (Å²) < 4.78 is 10.8. The van der Waals surface area contributed by atoms with Gasteiger partial charge in [0.05, 0.1) is 14.2 Å². The van der Waals surface area contributed by atoms with Gasteiger partial charge in [0.15, 0.2) is 0 Å². The molecule has 0 amide bonds. The summed E-state index contributed by atoms with van der Waals surface area (Å²) in [6.07, 6.45) is 0.159. The zero-order valence-corrected chi connectivity index (χ0v) is 14.8. The van der Waals surface area contributed by atoms with Crippen molar-refractivity contribution in [3.05, 3.63) is 59.7 Å². The van der Waals surface area contributed by atoms with Crippen LogP contribution >= 0.6 is 0 Å². The molecule has 0 aliphatic carbocycles. The Hall–Kier alpha value is -3.02. The van der Waals surface area contributed by atoms with Crippen LogP contribution < -0.4 is 9.47 Å². The number of carboxylic acids is 2. The number of hydrogen-bond acceptors (Lipinski definition) is 4. The Balaban J connectivity index is 2.73. The first-order chi connectivity index (χ1) is 12.5. The number of hydrogen-bond donors (Lipinski definition) is 2. The maximum absolute atomic E-state index is 12.6. The minimum atomic E-state index is -1.49. The molecule has 0 heterocycles. The summed E-state index contributed by atoms with van der Waals surface area (Å²) in [4.78, 5) is 23.6. The first-order valence-electron chi connectivity index (χ1n) is 8.19. The Morgan fingerprint density at radius 3 is 1.73 bits per heavy atom. The quantitative estimate of drug-likeness (QED) is 0.714. The van der Waals surface area contributed by atoms with Gasteiger partial charge in [-0.05, 0) is 25.0 Å². The minimum absolute atomic E-state index is 0.0926. The highest BCUT2D eigenvalue weighted by molar-refractivity contribution is 5.88. The van der Waals surface area contributed by atoms with Gasteiger partial charge >= 0.3 is 11.9 Å². The number of benzene rings is 2. The van der Waals surface area contributed by atoms with E-state index in [1.807, 2.05) is 0 Å². The summed E-state index contributed by atoms with van der Waals surface area (Å²) in [7, 11) is 2.95. The minimum Gasteiger partial charge on any atom is -0.496 e. The van der Waals surface area contributed by atoms with E-state index in [2.05, 4.69) is 0 Å². The predicted octanol–water partition coefficient (Wildman–Crippen LogP) is 3.33. The number of rotatable bonds is 9. The van der Waals surface area contributed by atoms with E-state index in [0.717, 1.165) is 0 Å². The van der Waals surface area contributed by atoms with Crippen LogP contribution in [-0.4, -0.2) is 36.4 Å². The molecule has 0 radical (unpaired) electrons. The highest BCUT2D eigenvalue weighted by atomic mass is 16.5. The molecule has 138 valence electrons. The monoisotopic (exact) mass is 358 g/mol. The van der Waals surface area contributed by atoms with Crippen LogP contribution in [0.5, 0.6) is 11.5 Å². The molecule has 0 spiro atoms. The smallest absolute Gasteiger partial charge is 0.318 e. The van der Waals surface area contributed by atoms with Gasteiger partial charge in [0.25, 0.3) is 0 Å². The molecule has 0 aromatic heterocycles. The number of ether oxygens (including phenoxy) is 2. The van der Waals surface area contributed by atoms with Gasteiger partial charge in [-0.15, -0.1) is 0 Å². The summed E-state index contributed by atoms with van der Waals surface area (Å²) in [5.41, 5.74) is -0.566. The number of carbonyl (C=O) groups is 2. The molecular weight excluding hydrogens is 336 g/mol. The molecule has 2 rings (SSSR count). The Morgan fingerprint density at radius 2 is 1.35 bits per heavy atom. The van der Waals surface area contributed by atoms with Crippen molar-refractivity contribution >= 4 is 11.9 Å². The second kappa shape index (κ2) is 8.38. The third-order valence-corrected chi connectivity index (χ3v) is 4.44. The van der Waals surface area contributed by atoms with Crippen LogP contribution in [0.3, 0.4) is 0 Å². The molecule has 2 N–H and O–H groups in total. The first-order valence-corrected chi connectivity index (χ1v) is 8.19. The van der Waals surface area contributed by atoms with Crippen LogP contribution in [0, 0.1) is 0 Å². The van der Waals surface area contributed by atoms with E-state index < -0.39 is 17.4 Å². The normalized spacial score (nSPS) is 11.0. The van der Waals surface area contributed by atoms with Gasteiger partial charge in [-0.2, -0.15) is 0 Å². The predicted molar refractivity (Wildman–Crippen MR) is 95.9 cm³/mol. The summed E-state index contributed by atoms with van der Waals surface area (Å²) in [5.74, 6) is -1.20. The van der Waals surface area contributed by atoms with Crippen LogP contribution in [0.4, 0.5) is 0 Å². The Labute approximate surface area is 152 Å². The molecule has 0 bridgehead atoms. The summed E-state index contributed by atoms with van der Waals surface area (Å²) >= 11 is 0. The van der Waals surface area contributed by atoms with E-state index in [1.54, 1.807) is 48.5 Å². The lowest BCUT2D eigenvalue weighted by Crippen LogP contribution is -2.38. The second-order valence-electron chi connectivity index (χ2n) is 5.86. The molecule has 6 heteroatoms. The number of aliphatic carboxylic acids is 2. The fourth-order valence-electron chi connectivity index (χ4n) is 3.25. The van der Waals surface area contributed by atoms with Crippen molar-refractivity contribution in [3.8, 4) is 11.5 Å². The van der Waals surface area contributed by atoms with E-state index in [1.165, 1.54) is 14.2 Å². The molecular formula is C20H22O6. The SMILES string of the molecule is COc1ccccc1C(CCCC(=O)O)(C(=O)O)c1ccccc1OC. The van der Waals surface area contributed by atoms with Crippen molar-refractivity contribution in [1.82, 2.24) is 0 Å². The van der Waals surface area contributed by atoms with Crippen molar-refractivity contribution in [2.45, 2.75) is 24.7 Å². The molecule has 0 atom stereocenters. The third kappa shape index (κ3) is 3.64. The van der Waals surface area contributed by atoms with Crippen LogP contribution in [0.25, 0.3) is 0 Å². The zero-order chi connectivity index (χ0) is 19.2. The summed E-state index contributed by atoms with van der Waals surface area (Å²) in [6, 6.07) is 13.8. The average molecular weight is 358 g/mol.